The molecule has 0 spiro atoms. The van der Waals surface area contributed by atoms with Crippen LogP contribution in [0, 0.1) is 5.92 Å². The van der Waals surface area contributed by atoms with Crippen molar-refractivity contribution in [1.82, 2.24) is 0 Å². The molecule has 1 N–H and O–H groups in total. The maximum atomic E-state index is 11.4. The molecule has 0 radical (unpaired) electrons. The van der Waals surface area contributed by atoms with Crippen molar-refractivity contribution in [2.24, 2.45) is 5.92 Å². The summed E-state index contributed by atoms with van der Waals surface area (Å²) in [5.74, 6) is -0.346. The SMILES string of the molecule is CCC(C)C(O)OC1C(=O)OC(C)C1I. The molecular formula is C10H17IO4. The zero-order chi connectivity index (χ0) is 11.6. The second kappa shape index (κ2) is 5.45. The molecule has 0 aromatic rings. The number of aliphatic hydroxyl groups excluding tert-OH is 1. The van der Waals surface area contributed by atoms with E-state index in [0.29, 0.717) is 0 Å². The maximum absolute atomic E-state index is 11.4. The summed E-state index contributed by atoms with van der Waals surface area (Å²) < 4.78 is 10.3. The highest BCUT2D eigenvalue weighted by atomic mass is 127. The molecule has 1 aliphatic rings. The first kappa shape index (κ1) is 13.2. The van der Waals surface area contributed by atoms with E-state index in [1.807, 2.05) is 20.8 Å². The number of hydrogen-bond acceptors (Lipinski definition) is 4. The van der Waals surface area contributed by atoms with Gasteiger partial charge in [-0.2, -0.15) is 0 Å². The number of halogens is 1. The molecule has 1 heterocycles. The Morgan fingerprint density at radius 2 is 2.27 bits per heavy atom. The van der Waals surface area contributed by atoms with Crippen LogP contribution in [0.15, 0.2) is 0 Å². The lowest BCUT2D eigenvalue weighted by Crippen LogP contribution is -2.35. The van der Waals surface area contributed by atoms with E-state index < -0.39 is 12.4 Å². The molecule has 0 aromatic carbocycles. The van der Waals surface area contributed by atoms with Gasteiger partial charge in [0.25, 0.3) is 0 Å². The first-order valence-corrected chi connectivity index (χ1v) is 6.40. The molecule has 5 unspecified atom stereocenters. The smallest absolute Gasteiger partial charge is 0.336 e. The van der Waals surface area contributed by atoms with Gasteiger partial charge in [0.1, 0.15) is 6.10 Å². The first-order valence-electron chi connectivity index (χ1n) is 5.15. The fourth-order valence-electron chi connectivity index (χ4n) is 1.31. The van der Waals surface area contributed by atoms with Crippen molar-refractivity contribution in [1.29, 1.82) is 0 Å². The van der Waals surface area contributed by atoms with Gasteiger partial charge in [-0.1, -0.05) is 36.4 Å². The predicted octanol–water partition coefficient (Wildman–Crippen LogP) is 1.48. The number of cyclic esters (lactones) is 1. The summed E-state index contributed by atoms with van der Waals surface area (Å²) in [6.45, 7) is 5.68. The van der Waals surface area contributed by atoms with Crippen molar-refractivity contribution in [3.05, 3.63) is 0 Å². The van der Waals surface area contributed by atoms with E-state index in [4.69, 9.17) is 9.47 Å². The van der Waals surface area contributed by atoms with Crippen molar-refractivity contribution < 1.29 is 19.4 Å². The van der Waals surface area contributed by atoms with Crippen LogP contribution in [0.1, 0.15) is 27.2 Å². The van der Waals surface area contributed by atoms with E-state index >= 15 is 0 Å². The lowest BCUT2D eigenvalue weighted by atomic mass is 10.1. The van der Waals surface area contributed by atoms with Crippen LogP contribution in [0.3, 0.4) is 0 Å². The summed E-state index contributed by atoms with van der Waals surface area (Å²) in [6, 6.07) is 0. The van der Waals surface area contributed by atoms with Gasteiger partial charge >= 0.3 is 5.97 Å². The van der Waals surface area contributed by atoms with Gasteiger partial charge in [-0.15, -0.1) is 0 Å². The molecular weight excluding hydrogens is 311 g/mol. The van der Waals surface area contributed by atoms with Gasteiger partial charge in [0.2, 0.25) is 0 Å². The molecule has 0 aliphatic carbocycles. The Hall–Kier alpha value is 0.120. The largest absolute Gasteiger partial charge is 0.459 e. The highest BCUT2D eigenvalue weighted by Gasteiger charge is 2.43. The number of carbonyl (C=O) groups is 1. The molecule has 1 aliphatic heterocycles. The quantitative estimate of drug-likeness (QED) is 0.368. The molecule has 0 bridgehead atoms. The minimum Gasteiger partial charge on any atom is -0.459 e. The summed E-state index contributed by atoms with van der Waals surface area (Å²) in [7, 11) is 0. The number of carbonyl (C=O) groups excluding carboxylic acids is 1. The number of hydrogen-bond donors (Lipinski definition) is 1. The highest BCUT2D eigenvalue weighted by Crippen LogP contribution is 2.27. The molecule has 15 heavy (non-hydrogen) atoms. The van der Waals surface area contributed by atoms with Crippen LogP contribution in [0.4, 0.5) is 0 Å². The zero-order valence-electron chi connectivity index (χ0n) is 9.14. The minimum absolute atomic E-state index is 0.0253. The summed E-state index contributed by atoms with van der Waals surface area (Å²) in [4.78, 5) is 11.4. The number of aliphatic hydroxyl groups is 1. The van der Waals surface area contributed by atoms with Gasteiger partial charge in [0, 0.05) is 5.92 Å². The van der Waals surface area contributed by atoms with E-state index in [9.17, 15) is 9.90 Å². The van der Waals surface area contributed by atoms with Crippen molar-refractivity contribution in [2.75, 3.05) is 0 Å². The molecule has 5 heteroatoms. The molecule has 1 rings (SSSR count). The van der Waals surface area contributed by atoms with Crippen LogP contribution in [0.5, 0.6) is 0 Å². The third-order valence-corrected chi connectivity index (χ3v) is 4.35. The number of esters is 1. The Morgan fingerprint density at radius 1 is 1.67 bits per heavy atom. The average Bonchev–Trinajstić information content (AvgIpc) is 2.43. The Kier molecular flexibility index (Phi) is 4.79. The van der Waals surface area contributed by atoms with Crippen molar-refractivity contribution in [3.8, 4) is 0 Å². The third kappa shape index (κ3) is 3.04. The van der Waals surface area contributed by atoms with Crippen LogP contribution in [-0.4, -0.2) is 33.5 Å². The zero-order valence-corrected chi connectivity index (χ0v) is 11.3. The summed E-state index contributed by atoms with van der Waals surface area (Å²) in [5.41, 5.74) is 0. The monoisotopic (exact) mass is 328 g/mol. The number of ether oxygens (including phenoxy) is 2. The molecule has 4 nitrogen and oxygen atoms in total. The lowest BCUT2D eigenvalue weighted by Gasteiger charge is -2.21. The Bertz CT molecular complexity index is 233. The highest BCUT2D eigenvalue weighted by molar-refractivity contribution is 14.1. The third-order valence-electron chi connectivity index (χ3n) is 2.69. The molecule has 1 fully saturated rings. The van der Waals surface area contributed by atoms with Crippen molar-refractivity contribution >= 4 is 28.6 Å². The van der Waals surface area contributed by atoms with E-state index in [2.05, 4.69) is 22.6 Å². The number of alkyl halides is 1. The first-order chi connectivity index (χ1) is 6.97. The van der Waals surface area contributed by atoms with Crippen LogP contribution < -0.4 is 0 Å². The second-order valence-electron chi connectivity index (χ2n) is 3.92. The Morgan fingerprint density at radius 3 is 2.67 bits per heavy atom. The summed E-state index contributed by atoms with van der Waals surface area (Å²) in [5, 5.41) is 9.67. The van der Waals surface area contributed by atoms with Gasteiger partial charge in [0.15, 0.2) is 12.4 Å². The van der Waals surface area contributed by atoms with Crippen LogP contribution in [0.2, 0.25) is 0 Å². The number of rotatable bonds is 4. The van der Waals surface area contributed by atoms with E-state index in [-0.39, 0.29) is 21.9 Å². The van der Waals surface area contributed by atoms with Gasteiger partial charge < -0.3 is 14.6 Å². The fourth-order valence-corrected chi connectivity index (χ4v) is 1.92. The van der Waals surface area contributed by atoms with E-state index in [0.717, 1.165) is 6.42 Å². The van der Waals surface area contributed by atoms with Crippen LogP contribution in [-0.2, 0) is 14.3 Å². The minimum atomic E-state index is -0.893. The molecule has 0 aromatic heterocycles. The van der Waals surface area contributed by atoms with Crippen molar-refractivity contribution in [2.45, 2.75) is 49.6 Å². The Balaban J connectivity index is 2.54. The molecule has 0 saturated carbocycles. The molecule has 5 atom stereocenters. The van der Waals surface area contributed by atoms with E-state index in [1.165, 1.54) is 0 Å². The van der Waals surface area contributed by atoms with Gasteiger partial charge in [-0.05, 0) is 13.3 Å². The predicted molar refractivity (Wildman–Crippen MR) is 63.7 cm³/mol. The molecule has 1 saturated heterocycles. The second-order valence-corrected chi connectivity index (χ2v) is 5.36. The van der Waals surface area contributed by atoms with E-state index in [1.54, 1.807) is 0 Å². The Labute approximate surface area is 103 Å². The van der Waals surface area contributed by atoms with Gasteiger partial charge in [-0.25, -0.2) is 4.79 Å². The summed E-state index contributed by atoms with van der Waals surface area (Å²) >= 11 is 2.12. The van der Waals surface area contributed by atoms with Crippen molar-refractivity contribution in [3.63, 3.8) is 0 Å². The summed E-state index contributed by atoms with van der Waals surface area (Å²) in [6.07, 6.45) is -0.864. The molecule has 88 valence electrons. The maximum Gasteiger partial charge on any atom is 0.336 e. The van der Waals surface area contributed by atoms with Crippen LogP contribution >= 0.6 is 22.6 Å². The lowest BCUT2D eigenvalue weighted by molar-refractivity contribution is -0.178. The normalized spacial score (nSPS) is 35.0. The topological polar surface area (TPSA) is 55.8 Å². The van der Waals surface area contributed by atoms with Crippen LogP contribution in [0.25, 0.3) is 0 Å². The molecule has 0 amide bonds. The van der Waals surface area contributed by atoms with Gasteiger partial charge in [0.05, 0.1) is 3.92 Å². The fraction of sp³-hybridized carbons (Fsp3) is 0.900. The van der Waals surface area contributed by atoms with Gasteiger partial charge in [-0.3, -0.25) is 0 Å². The standard InChI is InChI=1S/C10H17IO4/c1-4-5(2)9(12)15-8-7(11)6(3)14-10(8)13/h5-9,12H,4H2,1-3H3. The average molecular weight is 328 g/mol.